The molecule has 194 valence electrons. The molecule has 0 bridgehead atoms. The second-order valence-electron chi connectivity index (χ2n) is 9.54. The molecule has 3 aromatic carbocycles. The zero-order valence-corrected chi connectivity index (χ0v) is 21.3. The summed E-state index contributed by atoms with van der Waals surface area (Å²) in [6.07, 6.45) is 0.395. The average Bonchev–Trinajstić information content (AvgIpc) is 2.90. The number of carboxylic acids is 1. The Hall–Kier alpha value is -3.97. The lowest BCUT2D eigenvalue weighted by Gasteiger charge is -2.38. The van der Waals surface area contributed by atoms with Gasteiger partial charge in [0, 0.05) is 6.54 Å². The van der Waals surface area contributed by atoms with Crippen molar-refractivity contribution in [3.8, 4) is 0 Å². The number of benzene rings is 3. The molecule has 0 radical (unpaired) electrons. The number of hydrogen-bond donors (Lipinski definition) is 3. The molecule has 2 amide bonds. The first kappa shape index (κ1) is 27.6. The molecular formula is C30H35N3O4. The monoisotopic (exact) mass is 501 g/mol. The number of nitrogens with zero attached hydrogens (tertiary/aromatic N) is 1. The standard InChI is InChI=1S/C30H35N3O4/c1-21(2)18-26(30(36)37)33(29(35)25(31)19-22-12-6-3-7-13-22)27(24-16-10-5-11-17-24)28(34)32-20-23-14-8-4-9-15-23/h3-17,21,25-27H,18-20,31H2,1-2H3,(H,32,34)(H,36,37)/t25-,26-,27?/m0/s1. The number of carbonyl (C=O) groups is 3. The molecule has 4 N–H and O–H groups in total. The Morgan fingerprint density at radius 1 is 0.838 bits per heavy atom. The fourth-order valence-corrected chi connectivity index (χ4v) is 4.34. The van der Waals surface area contributed by atoms with E-state index in [1.54, 1.807) is 30.3 Å². The normalized spacial score (nSPS) is 13.4. The number of aliphatic carboxylic acids is 1. The maximum absolute atomic E-state index is 13.9. The molecule has 0 aliphatic rings. The Balaban J connectivity index is 2.02. The minimum atomic E-state index is -1.23. The minimum Gasteiger partial charge on any atom is -0.480 e. The number of nitrogens with two attached hydrogens (primary N) is 1. The third-order valence-electron chi connectivity index (χ3n) is 6.14. The Morgan fingerprint density at radius 3 is 1.86 bits per heavy atom. The van der Waals surface area contributed by atoms with Gasteiger partial charge in [0.25, 0.3) is 0 Å². The van der Waals surface area contributed by atoms with Crippen LogP contribution in [0.3, 0.4) is 0 Å². The summed E-state index contributed by atoms with van der Waals surface area (Å²) in [5.41, 5.74) is 8.64. The van der Waals surface area contributed by atoms with E-state index in [0.717, 1.165) is 11.1 Å². The van der Waals surface area contributed by atoms with Crippen LogP contribution in [0, 0.1) is 5.92 Å². The summed E-state index contributed by atoms with van der Waals surface area (Å²) in [6, 6.07) is 24.1. The molecule has 0 fully saturated rings. The van der Waals surface area contributed by atoms with Crippen LogP contribution in [0.4, 0.5) is 0 Å². The van der Waals surface area contributed by atoms with Gasteiger partial charge in [0.15, 0.2) is 0 Å². The predicted octanol–water partition coefficient (Wildman–Crippen LogP) is 3.94. The highest BCUT2D eigenvalue weighted by atomic mass is 16.4. The Morgan fingerprint density at radius 2 is 1.35 bits per heavy atom. The van der Waals surface area contributed by atoms with Crippen molar-refractivity contribution in [3.63, 3.8) is 0 Å². The van der Waals surface area contributed by atoms with E-state index in [1.807, 2.05) is 74.5 Å². The van der Waals surface area contributed by atoms with Gasteiger partial charge < -0.3 is 21.1 Å². The first-order chi connectivity index (χ1) is 17.8. The molecule has 0 aromatic heterocycles. The van der Waals surface area contributed by atoms with Gasteiger partial charge in [-0.2, -0.15) is 0 Å². The summed E-state index contributed by atoms with van der Waals surface area (Å²) in [7, 11) is 0. The van der Waals surface area contributed by atoms with Crippen LogP contribution in [0.1, 0.15) is 43.0 Å². The maximum Gasteiger partial charge on any atom is 0.326 e. The number of nitrogens with one attached hydrogen (secondary N) is 1. The SMILES string of the molecule is CC(C)C[C@@H](C(=O)O)N(C(=O)[C@@H](N)Cc1ccccc1)C(C(=O)NCc1ccccc1)c1ccccc1. The van der Waals surface area contributed by atoms with E-state index in [4.69, 9.17) is 5.73 Å². The van der Waals surface area contributed by atoms with Gasteiger partial charge in [-0.15, -0.1) is 0 Å². The van der Waals surface area contributed by atoms with Crippen molar-refractivity contribution in [1.82, 2.24) is 10.2 Å². The highest BCUT2D eigenvalue weighted by molar-refractivity contribution is 5.93. The van der Waals surface area contributed by atoms with Crippen LogP contribution in [0.5, 0.6) is 0 Å². The zero-order valence-electron chi connectivity index (χ0n) is 21.3. The average molecular weight is 502 g/mol. The summed E-state index contributed by atoms with van der Waals surface area (Å²) >= 11 is 0. The fraction of sp³-hybridized carbons (Fsp3) is 0.300. The molecule has 0 saturated carbocycles. The zero-order chi connectivity index (χ0) is 26.8. The van der Waals surface area contributed by atoms with Crippen LogP contribution in [0.15, 0.2) is 91.0 Å². The molecule has 3 atom stereocenters. The number of hydrogen-bond acceptors (Lipinski definition) is 4. The highest BCUT2D eigenvalue weighted by Gasteiger charge is 2.41. The molecule has 0 saturated heterocycles. The first-order valence-electron chi connectivity index (χ1n) is 12.5. The van der Waals surface area contributed by atoms with E-state index in [1.165, 1.54) is 4.90 Å². The van der Waals surface area contributed by atoms with Crippen LogP contribution in [0.25, 0.3) is 0 Å². The molecular weight excluding hydrogens is 466 g/mol. The van der Waals surface area contributed by atoms with Crippen LogP contribution < -0.4 is 11.1 Å². The summed E-state index contributed by atoms with van der Waals surface area (Å²) < 4.78 is 0. The molecule has 7 heteroatoms. The van der Waals surface area contributed by atoms with E-state index in [0.29, 0.717) is 5.56 Å². The largest absolute Gasteiger partial charge is 0.480 e. The molecule has 3 rings (SSSR count). The molecule has 0 aliphatic carbocycles. The summed E-state index contributed by atoms with van der Waals surface area (Å²) in [5, 5.41) is 13.1. The Kier molecular flexibility index (Phi) is 9.98. The van der Waals surface area contributed by atoms with Crippen molar-refractivity contribution in [2.24, 2.45) is 11.7 Å². The molecule has 7 nitrogen and oxygen atoms in total. The molecule has 3 aromatic rings. The molecule has 0 heterocycles. The lowest BCUT2D eigenvalue weighted by atomic mass is 9.95. The van der Waals surface area contributed by atoms with Gasteiger partial charge in [-0.05, 0) is 35.4 Å². The van der Waals surface area contributed by atoms with Crippen LogP contribution in [0.2, 0.25) is 0 Å². The summed E-state index contributed by atoms with van der Waals surface area (Å²) in [6.45, 7) is 4.01. The third kappa shape index (κ3) is 7.75. The third-order valence-corrected chi connectivity index (χ3v) is 6.14. The van der Waals surface area contributed by atoms with Crippen molar-refractivity contribution in [2.45, 2.75) is 51.4 Å². The topological polar surface area (TPSA) is 113 Å². The lowest BCUT2D eigenvalue weighted by molar-refractivity contribution is -0.156. The van der Waals surface area contributed by atoms with E-state index < -0.39 is 35.9 Å². The minimum absolute atomic E-state index is 0.0365. The predicted molar refractivity (Wildman–Crippen MR) is 143 cm³/mol. The van der Waals surface area contributed by atoms with Crippen molar-refractivity contribution in [2.75, 3.05) is 0 Å². The highest BCUT2D eigenvalue weighted by Crippen LogP contribution is 2.28. The quantitative estimate of drug-likeness (QED) is 0.348. The van der Waals surface area contributed by atoms with Crippen molar-refractivity contribution < 1.29 is 19.5 Å². The van der Waals surface area contributed by atoms with Crippen molar-refractivity contribution in [3.05, 3.63) is 108 Å². The fourth-order valence-electron chi connectivity index (χ4n) is 4.34. The molecule has 37 heavy (non-hydrogen) atoms. The smallest absolute Gasteiger partial charge is 0.326 e. The second kappa shape index (κ2) is 13.4. The number of rotatable bonds is 12. The van der Waals surface area contributed by atoms with Crippen molar-refractivity contribution >= 4 is 17.8 Å². The Bertz CT molecular complexity index is 1150. The van der Waals surface area contributed by atoms with Gasteiger partial charge >= 0.3 is 5.97 Å². The summed E-state index contributed by atoms with van der Waals surface area (Å²) in [4.78, 5) is 41.4. The molecule has 0 aliphatic heterocycles. The summed E-state index contributed by atoms with van der Waals surface area (Å²) in [5.74, 6) is -2.26. The Labute approximate surface area is 218 Å². The number of amides is 2. The van der Waals surface area contributed by atoms with E-state index in [2.05, 4.69) is 5.32 Å². The van der Waals surface area contributed by atoms with Crippen LogP contribution in [-0.2, 0) is 27.3 Å². The number of carboxylic acid groups (broad SMARTS) is 1. The van der Waals surface area contributed by atoms with Gasteiger partial charge in [-0.3, -0.25) is 9.59 Å². The molecule has 0 spiro atoms. The van der Waals surface area contributed by atoms with Crippen molar-refractivity contribution in [1.29, 1.82) is 0 Å². The maximum atomic E-state index is 13.9. The number of carbonyl (C=O) groups excluding carboxylic acids is 2. The van der Waals surface area contributed by atoms with Gasteiger partial charge in [0.1, 0.15) is 12.1 Å². The van der Waals surface area contributed by atoms with Gasteiger partial charge in [-0.1, -0.05) is 105 Å². The van der Waals surface area contributed by atoms with Gasteiger partial charge in [-0.25, -0.2) is 4.79 Å². The van der Waals surface area contributed by atoms with Gasteiger partial charge in [0.05, 0.1) is 6.04 Å². The lowest BCUT2D eigenvalue weighted by Crippen LogP contribution is -2.56. The second-order valence-corrected chi connectivity index (χ2v) is 9.54. The van der Waals surface area contributed by atoms with Crippen LogP contribution in [-0.4, -0.2) is 39.9 Å². The van der Waals surface area contributed by atoms with Crippen LogP contribution >= 0.6 is 0 Å². The van der Waals surface area contributed by atoms with E-state index in [-0.39, 0.29) is 25.3 Å². The van der Waals surface area contributed by atoms with E-state index >= 15 is 0 Å². The molecule has 1 unspecified atom stereocenters. The van der Waals surface area contributed by atoms with E-state index in [9.17, 15) is 19.5 Å². The first-order valence-corrected chi connectivity index (χ1v) is 12.5. The van der Waals surface area contributed by atoms with Gasteiger partial charge in [0.2, 0.25) is 11.8 Å².